The number of hydrogen-bond acceptors (Lipinski definition) is 2. The molecule has 24 heavy (non-hydrogen) atoms. The second-order valence-electron chi connectivity index (χ2n) is 6.68. The fraction of sp³-hybridized carbons (Fsp3) is 0.350. The minimum absolute atomic E-state index is 0.0437. The van der Waals surface area contributed by atoms with Crippen LogP contribution in [-0.4, -0.2) is 30.8 Å². The zero-order chi connectivity index (χ0) is 17.1. The van der Waals surface area contributed by atoms with Gasteiger partial charge < -0.3 is 4.90 Å². The summed E-state index contributed by atoms with van der Waals surface area (Å²) in [6.45, 7) is 1.64. The van der Waals surface area contributed by atoms with E-state index in [1.165, 1.54) is 11.1 Å². The minimum Gasteiger partial charge on any atom is -0.305 e. The standard InChI is InChI=1S/C20H21Cl2NO/c1-23-12-16(10-14-2-6-18(21)7-3-14)20(24)17(13-23)11-15-4-8-19(22)9-5-15/h2-9,16-17H,10-13H2,1H3. The first-order chi connectivity index (χ1) is 11.5. The maximum atomic E-state index is 12.9. The highest BCUT2D eigenvalue weighted by molar-refractivity contribution is 6.30. The summed E-state index contributed by atoms with van der Waals surface area (Å²) in [5, 5.41) is 1.46. The van der Waals surface area contributed by atoms with E-state index in [9.17, 15) is 4.79 Å². The summed E-state index contributed by atoms with van der Waals surface area (Å²) in [6.07, 6.45) is 1.55. The Labute approximate surface area is 153 Å². The van der Waals surface area contributed by atoms with Gasteiger partial charge in [0.05, 0.1) is 0 Å². The number of benzene rings is 2. The first-order valence-corrected chi connectivity index (χ1v) is 8.98. The monoisotopic (exact) mass is 361 g/mol. The fourth-order valence-corrected chi connectivity index (χ4v) is 3.73. The number of ketones is 1. The van der Waals surface area contributed by atoms with Crippen molar-refractivity contribution in [1.82, 2.24) is 4.90 Å². The molecule has 0 amide bonds. The van der Waals surface area contributed by atoms with Gasteiger partial charge in [-0.05, 0) is 55.3 Å². The van der Waals surface area contributed by atoms with Crippen LogP contribution in [0.2, 0.25) is 10.0 Å². The minimum atomic E-state index is 0.0437. The Kier molecular flexibility index (Phi) is 5.60. The Balaban J connectivity index is 1.70. The van der Waals surface area contributed by atoms with Crippen LogP contribution in [-0.2, 0) is 17.6 Å². The molecular formula is C20H21Cl2NO. The van der Waals surface area contributed by atoms with E-state index in [4.69, 9.17) is 23.2 Å². The van der Waals surface area contributed by atoms with Gasteiger partial charge in [-0.1, -0.05) is 47.5 Å². The van der Waals surface area contributed by atoms with Crippen LogP contribution in [0.25, 0.3) is 0 Å². The average Bonchev–Trinajstić information content (AvgIpc) is 2.56. The highest BCUT2D eigenvalue weighted by Crippen LogP contribution is 2.25. The molecule has 0 aliphatic carbocycles. The smallest absolute Gasteiger partial charge is 0.142 e. The summed E-state index contributed by atoms with van der Waals surface area (Å²) in [5.41, 5.74) is 2.33. The van der Waals surface area contributed by atoms with Gasteiger partial charge in [0.25, 0.3) is 0 Å². The molecule has 0 radical (unpaired) electrons. The van der Waals surface area contributed by atoms with Crippen LogP contribution in [0, 0.1) is 11.8 Å². The van der Waals surface area contributed by atoms with Crippen molar-refractivity contribution in [3.8, 4) is 0 Å². The Morgan fingerprint density at radius 1 is 0.833 bits per heavy atom. The van der Waals surface area contributed by atoms with Crippen molar-refractivity contribution in [2.75, 3.05) is 20.1 Å². The van der Waals surface area contributed by atoms with Gasteiger partial charge in [0.15, 0.2) is 0 Å². The molecule has 3 rings (SSSR count). The third-order valence-corrected chi connectivity index (χ3v) is 5.16. The van der Waals surface area contributed by atoms with Crippen molar-refractivity contribution >= 4 is 29.0 Å². The molecule has 1 aliphatic heterocycles. The molecule has 2 aromatic carbocycles. The number of likely N-dealkylation sites (tertiary alicyclic amines) is 1. The number of piperidine rings is 1. The predicted molar refractivity (Wildman–Crippen MR) is 99.8 cm³/mol. The van der Waals surface area contributed by atoms with Gasteiger partial charge in [0.1, 0.15) is 5.78 Å². The van der Waals surface area contributed by atoms with Gasteiger partial charge in [-0.2, -0.15) is 0 Å². The molecular weight excluding hydrogens is 341 g/mol. The lowest BCUT2D eigenvalue weighted by molar-refractivity contribution is -0.130. The van der Waals surface area contributed by atoms with Gasteiger partial charge in [0, 0.05) is 35.0 Å². The Bertz CT molecular complexity index is 637. The van der Waals surface area contributed by atoms with E-state index in [1.807, 2.05) is 48.5 Å². The molecule has 2 unspecified atom stereocenters. The van der Waals surface area contributed by atoms with Crippen LogP contribution in [0.5, 0.6) is 0 Å². The van der Waals surface area contributed by atoms with Crippen molar-refractivity contribution in [2.24, 2.45) is 11.8 Å². The molecule has 126 valence electrons. The maximum Gasteiger partial charge on any atom is 0.142 e. The highest BCUT2D eigenvalue weighted by Gasteiger charge is 2.33. The predicted octanol–water partition coefficient (Wildman–Crippen LogP) is 4.53. The van der Waals surface area contributed by atoms with Crippen molar-refractivity contribution in [3.63, 3.8) is 0 Å². The van der Waals surface area contributed by atoms with Crippen LogP contribution in [0.1, 0.15) is 11.1 Å². The third kappa shape index (κ3) is 4.38. The van der Waals surface area contributed by atoms with Gasteiger partial charge >= 0.3 is 0 Å². The Morgan fingerprint density at radius 2 is 1.21 bits per heavy atom. The lowest BCUT2D eigenvalue weighted by Gasteiger charge is -2.34. The van der Waals surface area contributed by atoms with E-state index >= 15 is 0 Å². The molecule has 0 aromatic heterocycles. The van der Waals surface area contributed by atoms with Gasteiger partial charge in [-0.25, -0.2) is 0 Å². The van der Waals surface area contributed by atoms with Crippen LogP contribution in [0.15, 0.2) is 48.5 Å². The van der Waals surface area contributed by atoms with E-state index in [0.29, 0.717) is 5.78 Å². The number of nitrogens with zero attached hydrogens (tertiary/aromatic N) is 1. The lowest BCUT2D eigenvalue weighted by Crippen LogP contribution is -2.46. The molecule has 2 aromatic rings. The zero-order valence-electron chi connectivity index (χ0n) is 13.7. The summed E-state index contributed by atoms with van der Waals surface area (Å²) in [4.78, 5) is 15.2. The molecule has 0 spiro atoms. The first kappa shape index (κ1) is 17.5. The number of halogens is 2. The molecule has 1 saturated heterocycles. The lowest BCUT2D eigenvalue weighted by atomic mass is 9.81. The molecule has 4 heteroatoms. The SMILES string of the molecule is CN1CC(Cc2ccc(Cl)cc2)C(=O)C(Cc2ccc(Cl)cc2)C1. The number of carbonyl (C=O) groups excluding carboxylic acids is 1. The van der Waals surface area contributed by atoms with Crippen molar-refractivity contribution in [1.29, 1.82) is 0 Å². The van der Waals surface area contributed by atoms with E-state index in [1.54, 1.807) is 0 Å². The molecule has 1 aliphatic rings. The number of Topliss-reactive ketones (excluding diaryl/α,β-unsaturated/α-hetero) is 1. The molecule has 0 N–H and O–H groups in total. The Morgan fingerprint density at radius 3 is 1.58 bits per heavy atom. The fourth-order valence-electron chi connectivity index (χ4n) is 3.48. The van der Waals surface area contributed by atoms with Crippen LogP contribution >= 0.6 is 23.2 Å². The molecule has 0 bridgehead atoms. The number of rotatable bonds is 4. The van der Waals surface area contributed by atoms with Crippen molar-refractivity contribution in [3.05, 3.63) is 69.7 Å². The van der Waals surface area contributed by atoms with Crippen molar-refractivity contribution < 1.29 is 4.79 Å². The highest BCUT2D eigenvalue weighted by atomic mass is 35.5. The van der Waals surface area contributed by atoms with Gasteiger partial charge in [-0.3, -0.25) is 4.79 Å². The topological polar surface area (TPSA) is 20.3 Å². The maximum absolute atomic E-state index is 12.9. The van der Waals surface area contributed by atoms with E-state index in [2.05, 4.69) is 11.9 Å². The first-order valence-electron chi connectivity index (χ1n) is 8.22. The number of hydrogen-bond donors (Lipinski definition) is 0. The van der Waals surface area contributed by atoms with Crippen LogP contribution in [0.3, 0.4) is 0 Å². The summed E-state index contributed by atoms with van der Waals surface area (Å²) in [7, 11) is 2.09. The normalized spacial score (nSPS) is 21.9. The molecule has 1 heterocycles. The quantitative estimate of drug-likeness (QED) is 0.797. The van der Waals surface area contributed by atoms with Crippen LogP contribution < -0.4 is 0 Å². The number of carbonyl (C=O) groups is 1. The Hall–Kier alpha value is -1.35. The van der Waals surface area contributed by atoms with Gasteiger partial charge in [0.2, 0.25) is 0 Å². The van der Waals surface area contributed by atoms with E-state index in [-0.39, 0.29) is 11.8 Å². The largest absolute Gasteiger partial charge is 0.305 e. The summed E-state index contributed by atoms with van der Waals surface area (Å²) in [6, 6.07) is 15.6. The second kappa shape index (κ2) is 7.69. The average molecular weight is 362 g/mol. The third-order valence-electron chi connectivity index (χ3n) is 4.66. The summed E-state index contributed by atoms with van der Waals surface area (Å²) < 4.78 is 0. The molecule has 0 saturated carbocycles. The van der Waals surface area contributed by atoms with Crippen molar-refractivity contribution in [2.45, 2.75) is 12.8 Å². The molecule has 2 nitrogen and oxygen atoms in total. The summed E-state index contributed by atoms with van der Waals surface area (Å²) in [5.74, 6) is 0.461. The van der Waals surface area contributed by atoms with E-state index < -0.39 is 0 Å². The second-order valence-corrected chi connectivity index (χ2v) is 7.55. The molecule has 2 atom stereocenters. The van der Waals surface area contributed by atoms with E-state index in [0.717, 1.165) is 36.0 Å². The molecule has 1 fully saturated rings. The summed E-state index contributed by atoms with van der Waals surface area (Å²) >= 11 is 11.9. The van der Waals surface area contributed by atoms with Crippen LogP contribution in [0.4, 0.5) is 0 Å². The van der Waals surface area contributed by atoms with Gasteiger partial charge in [-0.15, -0.1) is 0 Å². The zero-order valence-corrected chi connectivity index (χ0v) is 15.2.